The maximum atomic E-state index is 6.06. The van der Waals surface area contributed by atoms with Gasteiger partial charge < -0.3 is 5.73 Å². The van der Waals surface area contributed by atoms with E-state index in [-0.39, 0.29) is 0 Å². The molecule has 2 nitrogen and oxygen atoms in total. The molecule has 2 atom stereocenters. The van der Waals surface area contributed by atoms with E-state index in [0.717, 1.165) is 12.6 Å². The van der Waals surface area contributed by atoms with Crippen molar-refractivity contribution in [2.75, 3.05) is 13.1 Å². The van der Waals surface area contributed by atoms with Crippen molar-refractivity contribution in [3.05, 3.63) is 0 Å². The summed E-state index contributed by atoms with van der Waals surface area (Å²) < 4.78 is 0. The highest BCUT2D eigenvalue weighted by Crippen LogP contribution is 2.32. The first-order valence-electron chi connectivity index (χ1n) is 6.67. The molecule has 1 aliphatic rings. The summed E-state index contributed by atoms with van der Waals surface area (Å²) in [7, 11) is 0. The third kappa shape index (κ3) is 2.73. The fraction of sp³-hybridized carbons (Fsp3) is 1.00. The molecule has 1 heterocycles. The molecule has 0 amide bonds. The van der Waals surface area contributed by atoms with Crippen molar-refractivity contribution in [3.8, 4) is 0 Å². The Morgan fingerprint density at radius 2 is 2.13 bits per heavy atom. The van der Waals surface area contributed by atoms with Crippen LogP contribution in [0.1, 0.15) is 59.3 Å². The standard InChI is InChI=1S/C13H28N2/c1-4-6-9-13(5-2,11-14)15-10-7-8-12(15)3/h12H,4-11,14H2,1-3H3. The van der Waals surface area contributed by atoms with Gasteiger partial charge >= 0.3 is 0 Å². The molecule has 0 spiro atoms. The third-order valence-corrected chi connectivity index (χ3v) is 4.20. The summed E-state index contributed by atoms with van der Waals surface area (Å²) >= 11 is 0. The molecular weight excluding hydrogens is 184 g/mol. The average Bonchev–Trinajstić information content (AvgIpc) is 2.68. The first-order valence-corrected chi connectivity index (χ1v) is 6.67. The molecule has 2 unspecified atom stereocenters. The van der Waals surface area contributed by atoms with Crippen LogP contribution in [0.3, 0.4) is 0 Å². The second-order valence-electron chi connectivity index (χ2n) is 5.07. The Bertz CT molecular complexity index is 175. The average molecular weight is 212 g/mol. The van der Waals surface area contributed by atoms with Crippen LogP contribution in [0.25, 0.3) is 0 Å². The summed E-state index contributed by atoms with van der Waals surface area (Å²) in [6, 6.07) is 0.741. The van der Waals surface area contributed by atoms with Crippen LogP contribution in [-0.2, 0) is 0 Å². The molecule has 90 valence electrons. The van der Waals surface area contributed by atoms with E-state index in [1.54, 1.807) is 0 Å². The summed E-state index contributed by atoms with van der Waals surface area (Å²) in [5.74, 6) is 0. The van der Waals surface area contributed by atoms with E-state index in [9.17, 15) is 0 Å². The first kappa shape index (κ1) is 13.0. The highest BCUT2D eigenvalue weighted by molar-refractivity contribution is 4.95. The number of nitrogens with two attached hydrogens (primary N) is 1. The number of hydrogen-bond acceptors (Lipinski definition) is 2. The third-order valence-electron chi connectivity index (χ3n) is 4.20. The van der Waals surface area contributed by atoms with Crippen molar-refractivity contribution >= 4 is 0 Å². The Balaban J connectivity index is 2.69. The summed E-state index contributed by atoms with van der Waals surface area (Å²) in [5.41, 5.74) is 6.36. The van der Waals surface area contributed by atoms with Crippen LogP contribution in [0.4, 0.5) is 0 Å². The molecule has 0 radical (unpaired) electrons. The summed E-state index contributed by atoms with van der Waals surface area (Å²) in [5, 5.41) is 0. The van der Waals surface area contributed by atoms with Crippen LogP contribution in [0, 0.1) is 0 Å². The maximum absolute atomic E-state index is 6.06. The first-order chi connectivity index (χ1) is 7.20. The quantitative estimate of drug-likeness (QED) is 0.733. The fourth-order valence-electron chi connectivity index (χ4n) is 3.03. The lowest BCUT2D eigenvalue weighted by Crippen LogP contribution is -2.54. The molecule has 1 rings (SSSR count). The van der Waals surface area contributed by atoms with Gasteiger partial charge in [0.05, 0.1) is 0 Å². The van der Waals surface area contributed by atoms with Gasteiger partial charge in [-0.1, -0.05) is 26.7 Å². The van der Waals surface area contributed by atoms with Crippen LogP contribution in [-0.4, -0.2) is 29.6 Å². The molecule has 2 heteroatoms. The van der Waals surface area contributed by atoms with Crippen molar-refractivity contribution in [2.45, 2.75) is 70.9 Å². The molecule has 0 aromatic rings. The second-order valence-corrected chi connectivity index (χ2v) is 5.07. The molecular formula is C13H28N2. The van der Waals surface area contributed by atoms with E-state index in [2.05, 4.69) is 25.7 Å². The molecule has 2 N–H and O–H groups in total. The van der Waals surface area contributed by atoms with Crippen LogP contribution < -0.4 is 5.73 Å². The number of nitrogens with zero attached hydrogens (tertiary/aromatic N) is 1. The van der Waals surface area contributed by atoms with Crippen LogP contribution in [0.5, 0.6) is 0 Å². The number of likely N-dealkylation sites (tertiary alicyclic amines) is 1. The van der Waals surface area contributed by atoms with Crippen LogP contribution in [0.15, 0.2) is 0 Å². The monoisotopic (exact) mass is 212 g/mol. The van der Waals surface area contributed by atoms with Gasteiger partial charge in [-0.2, -0.15) is 0 Å². The van der Waals surface area contributed by atoms with Crippen molar-refractivity contribution in [1.29, 1.82) is 0 Å². The number of unbranched alkanes of at least 4 members (excludes halogenated alkanes) is 1. The van der Waals surface area contributed by atoms with Gasteiger partial charge in [0.25, 0.3) is 0 Å². The lowest BCUT2D eigenvalue weighted by Gasteiger charge is -2.43. The van der Waals surface area contributed by atoms with Crippen molar-refractivity contribution in [1.82, 2.24) is 4.90 Å². The smallest absolute Gasteiger partial charge is 0.0331 e. The van der Waals surface area contributed by atoms with Gasteiger partial charge in [-0.25, -0.2) is 0 Å². The van der Waals surface area contributed by atoms with Crippen molar-refractivity contribution in [2.24, 2.45) is 5.73 Å². The van der Waals surface area contributed by atoms with E-state index >= 15 is 0 Å². The molecule has 1 aliphatic heterocycles. The summed E-state index contributed by atoms with van der Waals surface area (Å²) in [6.07, 6.45) is 7.79. The molecule has 0 aromatic carbocycles. The summed E-state index contributed by atoms with van der Waals surface area (Å²) in [4.78, 5) is 2.68. The lowest BCUT2D eigenvalue weighted by molar-refractivity contribution is 0.0720. The van der Waals surface area contributed by atoms with E-state index in [1.807, 2.05) is 0 Å². The SMILES string of the molecule is CCCCC(CC)(CN)N1CCCC1C. The Kier molecular flexibility index (Phi) is 5.07. The van der Waals surface area contributed by atoms with E-state index in [1.165, 1.54) is 45.1 Å². The molecule has 1 saturated heterocycles. The van der Waals surface area contributed by atoms with Gasteiger partial charge in [-0.15, -0.1) is 0 Å². The minimum atomic E-state index is 0.298. The minimum absolute atomic E-state index is 0.298. The Labute approximate surface area is 95.2 Å². The molecule has 0 aliphatic carbocycles. The fourth-order valence-corrected chi connectivity index (χ4v) is 3.03. The lowest BCUT2D eigenvalue weighted by atomic mass is 9.87. The zero-order valence-corrected chi connectivity index (χ0v) is 10.8. The highest BCUT2D eigenvalue weighted by Gasteiger charge is 2.38. The number of hydrogen-bond donors (Lipinski definition) is 1. The topological polar surface area (TPSA) is 29.3 Å². The predicted octanol–water partition coefficient (Wildman–Crippen LogP) is 2.77. The van der Waals surface area contributed by atoms with Gasteiger partial charge in [0.15, 0.2) is 0 Å². The highest BCUT2D eigenvalue weighted by atomic mass is 15.2. The summed E-state index contributed by atoms with van der Waals surface area (Å²) in [6.45, 7) is 9.01. The van der Waals surface area contributed by atoms with Gasteiger partial charge in [0, 0.05) is 18.1 Å². The van der Waals surface area contributed by atoms with Crippen molar-refractivity contribution < 1.29 is 0 Å². The Morgan fingerprint density at radius 1 is 1.40 bits per heavy atom. The molecule has 0 aromatic heterocycles. The molecule has 0 bridgehead atoms. The van der Waals surface area contributed by atoms with Crippen molar-refractivity contribution in [3.63, 3.8) is 0 Å². The predicted molar refractivity (Wildman–Crippen MR) is 67.0 cm³/mol. The van der Waals surface area contributed by atoms with E-state index < -0.39 is 0 Å². The van der Waals surface area contributed by atoms with E-state index in [0.29, 0.717) is 5.54 Å². The molecule has 1 fully saturated rings. The second kappa shape index (κ2) is 5.86. The van der Waals surface area contributed by atoms with Gasteiger partial charge in [-0.3, -0.25) is 4.90 Å². The largest absolute Gasteiger partial charge is 0.329 e. The minimum Gasteiger partial charge on any atom is -0.329 e. The van der Waals surface area contributed by atoms with Gasteiger partial charge in [0.2, 0.25) is 0 Å². The van der Waals surface area contributed by atoms with Crippen LogP contribution in [0.2, 0.25) is 0 Å². The Hall–Kier alpha value is -0.0800. The Morgan fingerprint density at radius 3 is 2.53 bits per heavy atom. The molecule has 0 saturated carbocycles. The normalized spacial score (nSPS) is 26.8. The zero-order valence-electron chi connectivity index (χ0n) is 10.8. The van der Waals surface area contributed by atoms with E-state index in [4.69, 9.17) is 5.73 Å². The van der Waals surface area contributed by atoms with Crippen LogP contribution >= 0.6 is 0 Å². The maximum Gasteiger partial charge on any atom is 0.0331 e. The van der Waals surface area contributed by atoms with Gasteiger partial charge in [-0.05, 0) is 39.2 Å². The zero-order chi connectivity index (χ0) is 11.3. The number of rotatable bonds is 6. The molecule has 15 heavy (non-hydrogen) atoms. The van der Waals surface area contributed by atoms with Gasteiger partial charge in [0.1, 0.15) is 0 Å².